The number of carbonyl (C=O) groups excluding carboxylic acids is 1. The number of methoxy groups -OCH3 is 1. The molecule has 0 unspecified atom stereocenters. The van der Waals surface area contributed by atoms with Gasteiger partial charge in [-0.1, -0.05) is 19.3 Å². The lowest BCUT2D eigenvalue weighted by Gasteiger charge is -2.31. The highest BCUT2D eigenvalue weighted by molar-refractivity contribution is 5.96. The van der Waals surface area contributed by atoms with E-state index in [2.05, 4.69) is 17.3 Å². The summed E-state index contributed by atoms with van der Waals surface area (Å²) in [5, 5.41) is 2.85. The van der Waals surface area contributed by atoms with Crippen LogP contribution < -0.4 is 10.1 Å². The number of carbonyl (C=O) groups is 1. The number of halogens is 1. The van der Waals surface area contributed by atoms with Crippen LogP contribution in [0.2, 0.25) is 0 Å². The van der Waals surface area contributed by atoms with Gasteiger partial charge in [0, 0.05) is 12.6 Å². The third-order valence-corrected chi connectivity index (χ3v) is 4.58. The molecule has 0 heterocycles. The first-order valence-corrected chi connectivity index (χ1v) is 8.44. The lowest BCUT2D eigenvalue weighted by atomic mass is 9.94. The summed E-state index contributed by atoms with van der Waals surface area (Å²) in [7, 11) is 3.64. The fraction of sp³-hybridized carbons (Fsp3) is 0.611. The first kappa shape index (κ1) is 17.7. The molecular formula is C18H27FN2O2. The standard InChI is InChI=1S/C18H27FN2O2/c1-21(15-7-4-3-5-8-15)12-6-11-20-18(22)16-13-14(19)9-10-17(16)23-2/h9-10,13,15H,3-8,11-12H2,1-2H3,(H,20,22). The number of nitrogens with zero attached hydrogens (tertiary/aromatic N) is 1. The van der Waals surface area contributed by atoms with E-state index in [-0.39, 0.29) is 11.5 Å². The Morgan fingerprint density at radius 3 is 2.78 bits per heavy atom. The van der Waals surface area contributed by atoms with Crippen LogP contribution in [0.4, 0.5) is 4.39 Å². The average Bonchev–Trinajstić information content (AvgIpc) is 2.59. The Hall–Kier alpha value is -1.62. The third kappa shape index (κ3) is 5.20. The van der Waals surface area contributed by atoms with Gasteiger partial charge in [-0.25, -0.2) is 4.39 Å². The van der Waals surface area contributed by atoms with Gasteiger partial charge in [0.05, 0.1) is 12.7 Å². The van der Waals surface area contributed by atoms with Crippen LogP contribution in [0.25, 0.3) is 0 Å². The zero-order valence-electron chi connectivity index (χ0n) is 14.1. The minimum Gasteiger partial charge on any atom is -0.496 e. The summed E-state index contributed by atoms with van der Waals surface area (Å²) >= 11 is 0. The fourth-order valence-corrected chi connectivity index (χ4v) is 3.19. The van der Waals surface area contributed by atoms with E-state index in [0.29, 0.717) is 18.3 Å². The zero-order chi connectivity index (χ0) is 16.7. The number of rotatable bonds is 7. The zero-order valence-corrected chi connectivity index (χ0v) is 14.1. The van der Waals surface area contributed by atoms with Crippen molar-refractivity contribution in [3.63, 3.8) is 0 Å². The van der Waals surface area contributed by atoms with Crippen LogP contribution in [-0.4, -0.2) is 44.1 Å². The maximum atomic E-state index is 13.3. The Labute approximate surface area is 138 Å². The molecule has 5 heteroatoms. The van der Waals surface area contributed by atoms with Gasteiger partial charge < -0.3 is 15.0 Å². The smallest absolute Gasteiger partial charge is 0.255 e. The number of nitrogens with one attached hydrogen (secondary N) is 1. The van der Waals surface area contributed by atoms with Crippen LogP contribution in [0, 0.1) is 5.82 Å². The Morgan fingerprint density at radius 1 is 1.35 bits per heavy atom. The largest absolute Gasteiger partial charge is 0.496 e. The second kappa shape index (κ2) is 8.87. The molecule has 0 aliphatic heterocycles. The number of amides is 1. The van der Waals surface area contributed by atoms with Gasteiger partial charge in [-0.2, -0.15) is 0 Å². The second-order valence-corrected chi connectivity index (χ2v) is 6.23. The molecule has 128 valence electrons. The van der Waals surface area contributed by atoms with Crippen molar-refractivity contribution >= 4 is 5.91 Å². The van der Waals surface area contributed by atoms with E-state index < -0.39 is 5.82 Å². The molecule has 1 aromatic carbocycles. The first-order valence-electron chi connectivity index (χ1n) is 8.44. The Kier molecular flexibility index (Phi) is 6.84. The van der Waals surface area contributed by atoms with Crippen molar-refractivity contribution < 1.29 is 13.9 Å². The van der Waals surface area contributed by atoms with Crippen molar-refractivity contribution in [2.75, 3.05) is 27.2 Å². The van der Waals surface area contributed by atoms with E-state index >= 15 is 0 Å². The molecule has 23 heavy (non-hydrogen) atoms. The first-order chi connectivity index (χ1) is 11.1. The minimum atomic E-state index is -0.437. The van der Waals surface area contributed by atoms with Crippen molar-refractivity contribution in [1.82, 2.24) is 10.2 Å². The van der Waals surface area contributed by atoms with Crippen LogP contribution in [0.15, 0.2) is 18.2 Å². The molecule has 1 fully saturated rings. The van der Waals surface area contributed by atoms with Crippen LogP contribution in [0.5, 0.6) is 5.75 Å². The SMILES string of the molecule is COc1ccc(F)cc1C(=O)NCCCN(C)C1CCCCC1. The molecule has 0 spiro atoms. The normalized spacial score (nSPS) is 15.7. The van der Waals surface area contributed by atoms with E-state index in [4.69, 9.17) is 4.74 Å². The molecule has 1 saturated carbocycles. The molecule has 2 rings (SSSR count). The van der Waals surface area contributed by atoms with E-state index in [9.17, 15) is 9.18 Å². The van der Waals surface area contributed by atoms with Gasteiger partial charge in [-0.15, -0.1) is 0 Å². The molecule has 0 saturated heterocycles. The number of ether oxygens (including phenoxy) is 1. The predicted molar refractivity (Wildman–Crippen MR) is 89.4 cm³/mol. The summed E-state index contributed by atoms with van der Waals surface area (Å²) in [4.78, 5) is 14.5. The van der Waals surface area contributed by atoms with Gasteiger partial charge in [0.1, 0.15) is 11.6 Å². The Bertz CT molecular complexity index is 516. The molecular weight excluding hydrogens is 295 g/mol. The van der Waals surface area contributed by atoms with Gasteiger partial charge in [-0.3, -0.25) is 4.79 Å². The van der Waals surface area contributed by atoms with Crippen LogP contribution in [0.3, 0.4) is 0 Å². The van der Waals surface area contributed by atoms with E-state index in [1.54, 1.807) is 0 Å². The lowest BCUT2D eigenvalue weighted by molar-refractivity contribution is 0.0947. The molecule has 1 aliphatic carbocycles. The van der Waals surface area contributed by atoms with Gasteiger partial charge in [0.2, 0.25) is 0 Å². The molecule has 4 nitrogen and oxygen atoms in total. The van der Waals surface area contributed by atoms with Crippen LogP contribution >= 0.6 is 0 Å². The molecule has 0 radical (unpaired) electrons. The van der Waals surface area contributed by atoms with E-state index in [1.165, 1.54) is 57.4 Å². The van der Waals surface area contributed by atoms with Crippen molar-refractivity contribution in [2.24, 2.45) is 0 Å². The average molecular weight is 322 g/mol. The van der Waals surface area contributed by atoms with Gasteiger partial charge in [0.25, 0.3) is 5.91 Å². The Balaban J connectivity index is 1.75. The molecule has 0 atom stereocenters. The van der Waals surface area contributed by atoms with Crippen LogP contribution in [-0.2, 0) is 0 Å². The van der Waals surface area contributed by atoms with Crippen molar-refractivity contribution in [1.29, 1.82) is 0 Å². The quantitative estimate of drug-likeness (QED) is 0.784. The maximum absolute atomic E-state index is 13.3. The summed E-state index contributed by atoms with van der Waals surface area (Å²) in [5.41, 5.74) is 0.244. The topological polar surface area (TPSA) is 41.6 Å². The van der Waals surface area contributed by atoms with Gasteiger partial charge >= 0.3 is 0 Å². The van der Waals surface area contributed by atoms with E-state index in [1.807, 2.05) is 0 Å². The number of benzene rings is 1. The molecule has 1 N–H and O–H groups in total. The predicted octanol–water partition coefficient (Wildman–Crippen LogP) is 3.22. The second-order valence-electron chi connectivity index (χ2n) is 6.23. The molecule has 1 amide bonds. The number of hydrogen-bond donors (Lipinski definition) is 1. The fourth-order valence-electron chi connectivity index (χ4n) is 3.19. The number of hydrogen-bond acceptors (Lipinski definition) is 3. The summed E-state index contributed by atoms with van der Waals surface area (Å²) in [6.07, 6.45) is 7.45. The van der Waals surface area contributed by atoms with Gasteiger partial charge in [0.15, 0.2) is 0 Å². The summed E-state index contributed by atoms with van der Waals surface area (Å²) in [6, 6.07) is 4.65. The molecule has 0 bridgehead atoms. The highest BCUT2D eigenvalue weighted by Gasteiger charge is 2.17. The Morgan fingerprint density at radius 2 is 2.09 bits per heavy atom. The summed E-state index contributed by atoms with van der Waals surface area (Å²) in [5.74, 6) is -0.335. The van der Waals surface area contributed by atoms with Crippen molar-refractivity contribution in [3.8, 4) is 5.75 Å². The molecule has 0 aromatic heterocycles. The molecule has 1 aliphatic rings. The highest BCUT2D eigenvalue weighted by atomic mass is 19.1. The third-order valence-electron chi connectivity index (χ3n) is 4.58. The van der Waals surface area contributed by atoms with Crippen LogP contribution in [0.1, 0.15) is 48.9 Å². The monoisotopic (exact) mass is 322 g/mol. The maximum Gasteiger partial charge on any atom is 0.255 e. The minimum absolute atomic E-state index is 0.244. The van der Waals surface area contributed by atoms with Crippen molar-refractivity contribution in [2.45, 2.75) is 44.6 Å². The van der Waals surface area contributed by atoms with E-state index in [0.717, 1.165) is 13.0 Å². The van der Waals surface area contributed by atoms with Crippen molar-refractivity contribution in [3.05, 3.63) is 29.6 Å². The van der Waals surface area contributed by atoms with Gasteiger partial charge in [-0.05, 0) is 51.1 Å². The molecule has 1 aromatic rings. The summed E-state index contributed by atoms with van der Waals surface area (Å²) in [6.45, 7) is 1.54. The summed E-state index contributed by atoms with van der Waals surface area (Å²) < 4.78 is 18.4. The highest BCUT2D eigenvalue weighted by Crippen LogP contribution is 2.21. The lowest BCUT2D eigenvalue weighted by Crippen LogP contribution is -2.35.